The van der Waals surface area contributed by atoms with Crippen molar-refractivity contribution in [3.8, 4) is 0 Å². The van der Waals surface area contributed by atoms with Crippen LogP contribution >= 0.6 is 11.3 Å². The van der Waals surface area contributed by atoms with Crippen LogP contribution in [0.25, 0.3) is 0 Å². The standard InChI is InChI=1S/C10H14NS/c1-7(2)5-10-11-6-9(12-10)8-3-4-8/h6-7H,3-5H2,1-2H3. The zero-order chi connectivity index (χ0) is 8.55. The molecule has 0 unspecified atom stereocenters. The highest BCUT2D eigenvalue weighted by Gasteiger charge is 2.26. The fraction of sp³-hybridized carbons (Fsp3) is 0.600. The van der Waals surface area contributed by atoms with Crippen molar-refractivity contribution in [3.63, 3.8) is 0 Å². The molecular weight excluding hydrogens is 166 g/mol. The van der Waals surface area contributed by atoms with Gasteiger partial charge < -0.3 is 0 Å². The molecule has 2 heteroatoms. The summed E-state index contributed by atoms with van der Waals surface area (Å²) < 4.78 is 0. The van der Waals surface area contributed by atoms with Gasteiger partial charge in [-0.05, 0) is 18.8 Å². The van der Waals surface area contributed by atoms with Gasteiger partial charge in [-0.3, -0.25) is 0 Å². The Kier molecular flexibility index (Phi) is 2.18. The van der Waals surface area contributed by atoms with Gasteiger partial charge in [0.05, 0.1) is 5.01 Å². The van der Waals surface area contributed by atoms with Gasteiger partial charge in [-0.2, -0.15) is 0 Å². The SMILES string of the molecule is CC(C)Cc1ncc([C]2CC2)s1. The molecule has 0 saturated heterocycles. The van der Waals surface area contributed by atoms with Crippen LogP contribution in [0.3, 0.4) is 0 Å². The predicted octanol–water partition coefficient (Wildman–Crippen LogP) is 3.06. The Bertz CT molecular complexity index is 261. The van der Waals surface area contributed by atoms with E-state index in [0.717, 1.165) is 12.3 Å². The molecule has 0 amide bonds. The maximum atomic E-state index is 4.42. The Morgan fingerprint density at radius 2 is 2.25 bits per heavy atom. The van der Waals surface area contributed by atoms with Crippen LogP contribution in [0.15, 0.2) is 6.20 Å². The van der Waals surface area contributed by atoms with Crippen molar-refractivity contribution in [3.05, 3.63) is 22.0 Å². The summed E-state index contributed by atoms with van der Waals surface area (Å²) in [5.41, 5.74) is 0. The third-order valence-corrected chi connectivity index (χ3v) is 3.11. The highest BCUT2D eigenvalue weighted by Crippen LogP contribution is 2.41. The number of thiazole rings is 1. The van der Waals surface area contributed by atoms with Gasteiger partial charge in [0.15, 0.2) is 0 Å². The maximum absolute atomic E-state index is 4.42. The lowest BCUT2D eigenvalue weighted by atomic mass is 10.1. The van der Waals surface area contributed by atoms with Crippen molar-refractivity contribution in [1.29, 1.82) is 0 Å². The molecule has 1 aliphatic rings. The van der Waals surface area contributed by atoms with E-state index in [4.69, 9.17) is 0 Å². The summed E-state index contributed by atoms with van der Waals surface area (Å²) in [7, 11) is 0. The van der Waals surface area contributed by atoms with Crippen LogP contribution in [0.2, 0.25) is 0 Å². The zero-order valence-electron chi connectivity index (χ0n) is 7.63. The highest BCUT2D eigenvalue weighted by molar-refractivity contribution is 7.12. The molecule has 0 aliphatic heterocycles. The normalized spacial score (nSPS) is 17.2. The molecule has 1 aliphatic carbocycles. The van der Waals surface area contributed by atoms with Crippen molar-refractivity contribution >= 4 is 11.3 Å². The third kappa shape index (κ3) is 1.86. The molecule has 0 N–H and O–H groups in total. The average molecular weight is 180 g/mol. The molecule has 1 aromatic rings. The first-order valence-electron chi connectivity index (χ1n) is 4.55. The fourth-order valence-corrected chi connectivity index (χ4v) is 2.46. The first kappa shape index (κ1) is 8.24. The minimum absolute atomic E-state index is 0.730. The Morgan fingerprint density at radius 1 is 1.50 bits per heavy atom. The van der Waals surface area contributed by atoms with Gasteiger partial charge >= 0.3 is 0 Å². The lowest BCUT2D eigenvalue weighted by Crippen LogP contribution is -1.91. The van der Waals surface area contributed by atoms with Gasteiger partial charge in [0.2, 0.25) is 0 Å². The van der Waals surface area contributed by atoms with E-state index in [1.165, 1.54) is 22.7 Å². The molecule has 1 fully saturated rings. The number of aromatic nitrogens is 1. The monoisotopic (exact) mass is 180 g/mol. The van der Waals surface area contributed by atoms with E-state index in [1.807, 2.05) is 17.5 Å². The summed E-state index contributed by atoms with van der Waals surface area (Å²) in [6.45, 7) is 4.48. The average Bonchev–Trinajstić information content (AvgIpc) is 2.73. The van der Waals surface area contributed by atoms with Crippen LogP contribution in [-0.4, -0.2) is 4.98 Å². The van der Waals surface area contributed by atoms with Crippen molar-refractivity contribution in [1.82, 2.24) is 4.98 Å². The molecule has 1 nitrogen and oxygen atoms in total. The largest absolute Gasteiger partial charge is 0.249 e. The van der Waals surface area contributed by atoms with Gasteiger partial charge in [-0.15, -0.1) is 11.3 Å². The number of hydrogen-bond acceptors (Lipinski definition) is 2. The quantitative estimate of drug-likeness (QED) is 0.696. The van der Waals surface area contributed by atoms with E-state index in [0.29, 0.717) is 0 Å². The van der Waals surface area contributed by atoms with Gasteiger partial charge in [0, 0.05) is 23.4 Å². The molecule has 0 spiro atoms. The summed E-state index contributed by atoms with van der Waals surface area (Å²) in [6.07, 6.45) is 5.80. The van der Waals surface area contributed by atoms with Crippen molar-refractivity contribution in [2.24, 2.45) is 5.92 Å². The lowest BCUT2D eigenvalue weighted by Gasteiger charge is -1.97. The first-order valence-corrected chi connectivity index (χ1v) is 5.37. The fourth-order valence-electron chi connectivity index (χ4n) is 1.23. The Balaban J connectivity index is 2.03. The lowest BCUT2D eigenvalue weighted by molar-refractivity contribution is 0.644. The Hall–Kier alpha value is -0.370. The van der Waals surface area contributed by atoms with E-state index in [1.54, 1.807) is 5.92 Å². The van der Waals surface area contributed by atoms with E-state index in [9.17, 15) is 0 Å². The smallest absolute Gasteiger partial charge is 0.0930 e. The minimum atomic E-state index is 0.730. The van der Waals surface area contributed by atoms with Gasteiger partial charge in [0.25, 0.3) is 0 Å². The summed E-state index contributed by atoms with van der Waals surface area (Å²) in [4.78, 5) is 5.85. The van der Waals surface area contributed by atoms with E-state index < -0.39 is 0 Å². The summed E-state index contributed by atoms with van der Waals surface area (Å²) in [5.74, 6) is 2.34. The van der Waals surface area contributed by atoms with Gasteiger partial charge in [-0.1, -0.05) is 13.8 Å². The second kappa shape index (κ2) is 3.17. The molecule has 12 heavy (non-hydrogen) atoms. The van der Waals surface area contributed by atoms with Crippen LogP contribution in [0.4, 0.5) is 0 Å². The molecule has 1 heterocycles. The topological polar surface area (TPSA) is 12.9 Å². The number of rotatable bonds is 3. The molecule has 1 radical (unpaired) electrons. The van der Waals surface area contributed by atoms with Crippen LogP contribution in [0.1, 0.15) is 36.6 Å². The molecule has 0 bridgehead atoms. The van der Waals surface area contributed by atoms with E-state index >= 15 is 0 Å². The number of nitrogens with zero attached hydrogens (tertiary/aromatic N) is 1. The molecule has 0 atom stereocenters. The number of hydrogen-bond donors (Lipinski definition) is 0. The van der Waals surface area contributed by atoms with E-state index in [2.05, 4.69) is 18.8 Å². The molecule has 2 rings (SSSR count). The highest BCUT2D eigenvalue weighted by atomic mass is 32.1. The molecular formula is C10H14NS. The Morgan fingerprint density at radius 3 is 2.83 bits per heavy atom. The van der Waals surface area contributed by atoms with Crippen LogP contribution < -0.4 is 0 Å². The molecule has 1 saturated carbocycles. The predicted molar refractivity (Wildman–Crippen MR) is 52.2 cm³/mol. The van der Waals surface area contributed by atoms with E-state index in [-0.39, 0.29) is 0 Å². The van der Waals surface area contributed by atoms with Crippen LogP contribution in [0, 0.1) is 11.8 Å². The molecule has 1 aromatic heterocycles. The minimum Gasteiger partial charge on any atom is -0.249 e. The van der Waals surface area contributed by atoms with Crippen molar-refractivity contribution < 1.29 is 0 Å². The molecule has 0 aromatic carbocycles. The first-order chi connectivity index (χ1) is 5.75. The summed E-state index contributed by atoms with van der Waals surface area (Å²) in [6, 6.07) is 0. The van der Waals surface area contributed by atoms with Crippen molar-refractivity contribution in [2.75, 3.05) is 0 Å². The Labute approximate surface area is 77.8 Å². The zero-order valence-corrected chi connectivity index (χ0v) is 8.45. The maximum Gasteiger partial charge on any atom is 0.0930 e. The van der Waals surface area contributed by atoms with Gasteiger partial charge in [0.1, 0.15) is 0 Å². The van der Waals surface area contributed by atoms with Crippen LogP contribution in [-0.2, 0) is 6.42 Å². The summed E-state index contributed by atoms with van der Waals surface area (Å²) in [5, 5.41) is 1.31. The summed E-state index contributed by atoms with van der Waals surface area (Å²) >= 11 is 1.88. The molecule has 65 valence electrons. The third-order valence-electron chi connectivity index (χ3n) is 1.98. The second-order valence-corrected chi connectivity index (χ2v) is 4.93. The van der Waals surface area contributed by atoms with Crippen molar-refractivity contribution in [2.45, 2.75) is 33.1 Å². The van der Waals surface area contributed by atoms with Crippen LogP contribution in [0.5, 0.6) is 0 Å². The van der Waals surface area contributed by atoms with Gasteiger partial charge in [-0.25, -0.2) is 4.98 Å². The second-order valence-electron chi connectivity index (χ2n) is 3.82.